The first kappa shape index (κ1) is 18.0. The van der Waals surface area contributed by atoms with Crippen LogP contribution in [-0.2, 0) is 13.6 Å². The Balaban J connectivity index is 1.92. The van der Waals surface area contributed by atoms with Crippen LogP contribution in [0.1, 0.15) is 31.6 Å². The third-order valence-corrected chi connectivity index (χ3v) is 6.28. The Kier molecular flexibility index (Phi) is 5.79. The summed E-state index contributed by atoms with van der Waals surface area (Å²) >= 11 is 0. The van der Waals surface area contributed by atoms with Gasteiger partial charge in [0, 0.05) is 5.69 Å². The lowest BCUT2D eigenvalue weighted by atomic mass is 10.2. The van der Waals surface area contributed by atoms with Crippen molar-refractivity contribution in [2.24, 2.45) is 0 Å². The summed E-state index contributed by atoms with van der Waals surface area (Å²) in [6.07, 6.45) is 0.646. The van der Waals surface area contributed by atoms with Crippen LogP contribution in [0, 0.1) is 0 Å². The third-order valence-electron chi connectivity index (χ3n) is 4.02. The van der Waals surface area contributed by atoms with Crippen LogP contribution in [0.2, 0.25) is 0 Å². The topological polar surface area (TPSA) is 56.8 Å². The van der Waals surface area contributed by atoms with Gasteiger partial charge in [-0.3, -0.25) is 4.57 Å². The van der Waals surface area contributed by atoms with Crippen LogP contribution in [0.4, 0.5) is 5.69 Å². The van der Waals surface area contributed by atoms with Crippen LogP contribution in [0.25, 0.3) is 0 Å². The van der Waals surface area contributed by atoms with Crippen molar-refractivity contribution in [3.8, 4) is 5.75 Å². The van der Waals surface area contributed by atoms with Gasteiger partial charge in [-0.25, -0.2) is 0 Å². The fourth-order valence-electron chi connectivity index (χ4n) is 2.77. The molecule has 0 bridgehead atoms. The summed E-state index contributed by atoms with van der Waals surface area (Å²) in [5.74, 6) is 0.204. The van der Waals surface area contributed by atoms with Crippen molar-refractivity contribution in [3.63, 3.8) is 0 Å². The predicted octanol–water partition coefficient (Wildman–Crippen LogP) is 5.21. The highest BCUT2D eigenvalue weighted by Crippen LogP contribution is 2.63. The molecule has 0 radical (unpaired) electrons. The zero-order chi connectivity index (χ0) is 17.7. The van der Waals surface area contributed by atoms with Crippen molar-refractivity contribution >= 4 is 13.3 Å². The molecule has 3 atom stereocenters. The smallest absolute Gasteiger partial charge is 0.357 e. The molecule has 1 N–H and O–H groups in total. The van der Waals surface area contributed by atoms with Gasteiger partial charge in [0.05, 0.1) is 19.3 Å². The van der Waals surface area contributed by atoms with Gasteiger partial charge >= 0.3 is 7.60 Å². The molecule has 134 valence electrons. The molecule has 1 aliphatic heterocycles. The van der Waals surface area contributed by atoms with Gasteiger partial charge in [-0.1, -0.05) is 30.3 Å². The molecule has 5 nitrogen and oxygen atoms in total. The molecule has 25 heavy (non-hydrogen) atoms. The number of hydrogen-bond acceptors (Lipinski definition) is 5. The number of hydrogen-bond donors (Lipinski definition) is 1. The van der Waals surface area contributed by atoms with E-state index < -0.39 is 13.4 Å². The van der Waals surface area contributed by atoms with Gasteiger partial charge in [0.25, 0.3) is 0 Å². The Morgan fingerprint density at radius 3 is 2.56 bits per heavy atom. The van der Waals surface area contributed by atoms with Crippen molar-refractivity contribution < 1.29 is 18.3 Å². The van der Waals surface area contributed by atoms with E-state index in [0.29, 0.717) is 13.2 Å². The highest BCUT2D eigenvalue weighted by Gasteiger charge is 2.41. The molecule has 1 aliphatic rings. The summed E-state index contributed by atoms with van der Waals surface area (Å²) in [6.45, 7) is 4.90. The second kappa shape index (κ2) is 8.05. The minimum atomic E-state index is -3.35. The molecule has 0 aromatic heterocycles. The molecule has 1 heterocycles. The van der Waals surface area contributed by atoms with Crippen molar-refractivity contribution in [1.29, 1.82) is 0 Å². The van der Waals surface area contributed by atoms with E-state index in [2.05, 4.69) is 5.32 Å². The molecule has 0 amide bonds. The summed E-state index contributed by atoms with van der Waals surface area (Å²) in [4.78, 5) is 0. The predicted molar refractivity (Wildman–Crippen MR) is 99.1 cm³/mol. The van der Waals surface area contributed by atoms with E-state index in [1.165, 1.54) is 0 Å². The number of ether oxygens (including phenoxy) is 1. The molecule has 0 saturated carbocycles. The molecule has 6 heteroatoms. The fraction of sp³-hybridized carbons (Fsp3) is 0.368. The largest absolute Gasteiger partial charge is 0.494 e. The van der Waals surface area contributed by atoms with Crippen LogP contribution in [-0.4, -0.2) is 19.3 Å². The molecule has 3 rings (SSSR count). The molecule has 0 aliphatic carbocycles. The molecule has 1 saturated heterocycles. The van der Waals surface area contributed by atoms with E-state index in [-0.39, 0.29) is 6.10 Å². The molecular weight excluding hydrogens is 337 g/mol. The first-order chi connectivity index (χ1) is 12.1. The number of para-hydroxylation sites is 1. The fourth-order valence-corrected chi connectivity index (χ4v) is 4.91. The summed E-state index contributed by atoms with van der Waals surface area (Å²) < 4.78 is 30.3. The van der Waals surface area contributed by atoms with Crippen molar-refractivity contribution in [2.75, 3.05) is 18.5 Å². The van der Waals surface area contributed by atoms with E-state index in [1.807, 2.05) is 68.4 Å². The van der Waals surface area contributed by atoms with Crippen LogP contribution in [0.3, 0.4) is 0 Å². The SMILES string of the molecule is CCOc1ccc([C@H](Nc2ccccc2)[P@@]2(=O)OCC[C@@H](C)O2)cc1. The Bertz CT molecular complexity index is 720. The van der Waals surface area contributed by atoms with Crippen LogP contribution < -0.4 is 10.1 Å². The standard InChI is InChI=1S/C19H24NO4P/c1-3-22-18-11-9-16(10-12-18)19(20-17-7-5-4-6-8-17)25(21)23-14-13-15(2)24-25/h4-12,15,19-20H,3,13-14H2,1-2H3/t15-,19-,25-/m1/s1. The van der Waals surface area contributed by atoms with Gasteiger partial charge in [0.15, 0.2) is 5.78 Å². The number of anilines is 1. The van der Waals surface area contributed by atoms with Gasteiger partial charge in [-0.15, -0.1) is 0 Å². The lowest BCUT2D eigenvalue weighted by Crippen LogP contribution is -2.23. The lowest BCUT2D eigenvalue weighted by Gasteiger charge is -2.34. The normalized spacial score (nSPS) is 24.5. The van der Waals surface area contributed by atoms with Gasteiger partial charge in [-0.05, 0) is 50.1 Å². The van der Waals surface area contributed by atoms with Gasteiger partial charge in [0.1, 0.15) is 5.75 Å². The van der Waals surface area contributed by atoms with Gasteiger partial charge in [0.2, 0.25) is 0 Å². The Morgan fingerprint density at radius 2 is 1.92 bits per heavy atom. The molecular formula is C19H24NO4P. The third kappa shape index (κ3) is 4.43. The highest BCUT2D eigenvalue weighted by molar-refractivity contribution is 7.54. The average Bonchev–Trinajstić information content (AvgIpc) is 2.61. The first-order valence-electron chi connectivity index (χ1n) is 8.58. The summed E-state index contributed by atoms with van der Waals surface area (Å²) in [5.41, 5.74) is 1.70. The number of rotatable bonds is 6. The molecule has 2 aromatic carbocycles. The van der Waals surface area contributed by atoms with Gasteiger partial charge < -0.3 is 19.1 Å². The van der Waals surface area contributed by atoms with Crippen molar-refractivity contribution in [3.05, 3.63) is 60.2 Å². The first-order valence-corrected chi connectivity index (χ1v) is 10.2. The summed E-state index contributed by atoms with van der Waals surface area (Å²) in [7, 11) is -3.35. The minimum absolute atomic E-state index is 0.0950. The van der Waals surface area contributed by atoms with E-state index >= 15 is 0 Å². The Labute approximate surface area is 148 Å². The van der Waals surface area contributed by atoms with Crippen molar-refractivity contribution in [1.82, 2.24) is 0 Å². The molecule has 2 aromatic rings. The van der Waals surface area contributed by atoms with Crippen LogP contribution >= 0.6 is 7.60 Å². The zero-order valence-electron chi connectivity index (χ0n) is 14.6. The maximum absolute atomic E-state index is 13.4. The van der Waals surface area contributed by atoms with Crippen LogP contribution in [0.5, 0.6) is 5.75 Å². The van der Waals surface area contributed by atoms with Crippen molar-refractivity contribution in [2.45, 2.75) is 32.2 Å². The molecule has 0 spiro atoms. The lowest BCUT2D eigenvalue weighted by molar-refractivity contribution is 0.0887. The van der Waals surface area contributed by atoms with Gasteiger partial charge in [-0.2, -0.15) is 0 Å². The van der Waals surface area contributed by atoms with E-state index in [0.717, 1.165) is 23.4 Å². The quantitative estimate of drug-likeness (QED) is 0.716. The number of nitrogens with one attached hydrogen (secondary N) is 1. The van der Waals surface area contributed by atoms with E-state index in [4.69, 9.17) is 13.8 Å². The maximum atomic E-state index is 13.4. The summed E-state index contributed by atoms with van der Waals surface area (Å²) in [6, 6.07) is 17.2. The number of benzene rings is 2. The maximum Gasteiger partial charge on any atom is 0.357 e. The minimum Gasteiger partial charge on any atom is -0.494 e. The monoisotopic (exact) mass is 361 g/mol. The van der Waals surface area contributed by atoms with Crippen LogP contribution in [0.15, 0.2) is 54.6 Å². The van der Waals surface area contributed by atoms with E-state index in [9.17, 15) is 4.57 Å². The Hall–Kier alpha value is -1.81. The molecule has 0 unspecified atom stereocenters. The zero-order valence-corrected chi connectivity index (χ0v) is 15.4. The summed E-state index contributed by atoms with van der Waals surface area (Å²) in [5, 5.41) is 3.32. The Morgan fingerprint density at radius 1 is 1.20 bits per heavy atom. The van der Waals surface area contributed by atoms with E-state index in [1.54, 1.807) is 0 Å². The average molecular weight is 361 g/mol. The second-order valence-corrected chi connectivity index (χ2v) is 8.06. The molecule has 1 fully saturated rings. The highest BCUT2D eigenvalue weighted by atomic mass is 31.2. The second-order valence-electron chi connectivity index (χ2n) is 5.99.